The van der Waals surface area contributed by atoms with E-state index in [4.69, 9.17) is 5.73 Å². The number of amides is 1. The van der Waals surface area contributed by atoms with Crippen molar-refractivity contribution in [3.05, 3.63) is 35.9 Å². The number of halogens is 2. The van der Waals surface area contributed by atoms with Gasteiger partial charge in [-0.15, -0.1) is 24.8 Å². The summed E-state index contributed by atoms with van der Waals surface area (Å²) < 4.78 is 0. The first-order valence-corrected chi connectivity index (χ1v) is 11.0. The molecule has 4 atom stereocenters. The molecule has 1 aromatic carbocycles. The maximum Gasteiger partial charge on any atom is 0.222 e. The Balaban J connectivity index is 0.00000150. The fourth-order valence-electron chi connectivity index (χ4n) is 5.80. The van der Waals surface area contributed by atoms with Gasteiger partial charge >= 0.3 is 0 Å². The summed E-state index contributed by atoms with van der Waals surface area (Å²) in [6.45, 7) is 3.83. The highest BCUT2D eigenvalue weighted by Gasteiger charge is 2.45. The van der Waals surface area contributed by atoms with E-state index in [-0.39, 0.29) is 24.8 Å². The Bertz CT molecular complexity index is 630. The van der Waals surface area contributed by atoms with E-state index in [9.17, 15) is 4.79 Å². The second kappa shape index (κ2) is 11.5. The molecule has 3 heterocycles. The van der Waals surface area contributed by atoms with Gasteiger partial charge in [0, 0.05) is 38.1 Å². The second-order valence-corrected chi connectivity index (χ2v) is 8.94. The average molecular weight is 442 g/mol. The van der Waals surface area contributed by atoms with Crippen molar-refractivity contribution in [3.63, 3.8) is 0 Å². The van der Waals surface area contributed by atoms with Crippen molar-refractivity contribution in [2.45, 2.75) is 63.5 Å². The van der Waals surface area contributed by atoms with Crippen LogP contribution in [-0.2, 0) is 11.2 Å². The highest BCUT2D eigenvalue weighted by atomic mass is 35.5. The Hall–Kier alpha value is -0.810. The number of nitrogens with zero attached hydrogens (tertiary/aromatic N) is 2. The Morgan fingerprint density at radius 3 is 2.59 bits per heavy atom. The number of unbranched alkanes of at least 4 members (excludes halogenated alkanes) is 1. The highest BCUT2D eigenvalue weighted by molar-refractivity contribution is 5.85. The highest BCUT2D eigenvalue weighted by Crippen LogP contribution is 2.40. The standard InChI is InChI=1S/C23H35N3O.2ClH/c24-12-5-4-11-23(27)25-15-19-13-20(17-25)22-10-6-9-21(26(22)16-19)14-18-7-2-1-3-8-18;;/h1-3,7-8,19-22H,4-6,9-17,24H2;2*1H/t19-,20+,21+,22-;;/m0../s1. The van der Waals surface area contributed by atoms with Crippen LogP contribution in [0.25, 0.3) is 0 Å². The van der Waals surface area contributed by atoms with Crippen molar-refractivity contribution in [1.29, 1.82) is 0 Å². The maximum absolute atomic E-state index is 12.6. The van der Waals surface area contributed by atoms with Crippen molar-refractivity contribution in [3.8, 4) is 0 Å². The van der Waals surface area contributed by atoms with E-state index in [1.165, 1.54) is 44.2 Å². The summed E-state index contributed by atoms with van der Waals surface area (Å²) in [4.78, 5) is 17.7. The number of rotatable bonds is 6. The number of hydrogen-bond donors (Lipinski definition) is 1. The van der Waals surface area contributed by atoms with Gasteiger partial charge in [-0.3, -0.25) is 9.69 Å². The summed E-state index contributed by atoms with van der Waals surface area (Å²) in [6, 6.07) is 12.3. The van der Waals surface area contributed by atoms with Gasteiger partial charge in [0.25, 0.3) is 0 Å². The molecule has 2 N–H and O–H groups in total. The quantitative estimate of drug-likeness (QED) is 0.680. The topological polar surface area (TPSA) is 49.6 Å². The predicted octanol–water partition coefficient (Wildman–Crippen LogP) is 3.90. The summed E-state index contributed by atoms with van der Waals surface area (Å²) in [7, 11) is 0. The van der Waals surface area contributed by atoms with E-state index >= 15 is 0 Å². The minimum atomic E-state index is 0. The molecule has 4 rings (SSSR count). The van der Waals surface area contributed by atoms with E-state index in [1.54, 1.807) is 0 Å². The largest absolute Gasteiger partial charge is 0.342 e. The molecule has 3 aliphatic rings. The summed E-state index contributed by atoms with van der Waals surface area (Å²) in [5.41, 5.74) is 7.05. The zero-order valence-electron chi connectivity index (χ0n) is 17.4. The van der Waals surface area contributed by atoms with Gasteiger partial charge in [0.2, 0.25) is 5.91 Å². The molecule has 1 amide bonds. The van der Waals surface area contributed by atoms with Gasteiger partial charge in [0.15, 0.2) is 0 Å². The van der Waals surface area contributed by atoms with Crippen LogP contribution in [0.3, 0.4) is 0 Å². The lowest BCUT2D eigenvalue weighted by molar-refractivity contribution is -0.139. The first-order chi connectivity index (χ1) is 13.2. The Kier molecular flexibility index (Phi) is 9.74. The van der Waals surface area contributed by atoms with E-state index in [2.05, 4.69) is 40.1 Å². The van der Waals surface area contributed by atoms with Crippen LogP contribution in [-0.4, -0.2) is 54.0 Å². The number of carbonyl (C=O) groups excluding carboxylic acids is 1. The molecule has 1 aromatic rings. The normalized spacial score (nSPS) is 28.7. The first-order valence-electron chi connectivity index (χ1n) is 11.0. The molecule has 3 fully saturated rings. The molecule has 3 aliphatic heterocycles. The number of fused-ring (bicyclic) bond motifs is 4. The van der Waals surface area contributed by atoms with Gasteiger partial charge in [0.05, 0.1) is 0 Å². The third-order valence-corrected chi connectivity index (χ3v) is 7.03. The molecule has 29 heavy (non-hydrogen) atoms. The van der Waals surface area contributed by atoms with Gasteiger partial charge in [-0.2, -0.15) is 0 Å². The number of benzene rings is 1. The van der Waals surface area contributed by atoms with Gasteiger partial charge in [-0.25, -0.2) is 0 Å². The van der Waals surface area contributed by atoms with Gasteiger partial charge in [-0.05, 0) is 62.5 Å². The minimum Gasteiger partial charge on any atom is -0.342 e. The molecule has 4 nitrogen and oxygen atoms in total. The van der Waals surface area contributed by atoms with Crippen molar-refractivity contribution < 1.29 is 4.79 Å². The lowest BCUT2D eigenvalue weighted by atomic mass is 9.74. The zero-order chi connectivity index (χ0) is 18.6. The maximum atomic E-state index is 12.6. The predicted molar refractivity (Wildman–Crippen MR) is 124 cm³/mol. The van der Waals surface area contributed by atoms with Crippen molar-refractivity contribution in [1.82, 2.24) is 9.80 Å². The number of hydrogen-bond acceptors (Lipinski definition) is 3. The number of likely N-dealkylation sites (tertiary alicyclic amines) is 1. The van der Waals surface area contributed by atoms with Crippen LogP contribution in [0.15, 0.2) is 30.3 Å². The number of nitrogens with two attached hydrogens (primary N) is 1. The molecule has 164 valence electrons. The fraction of sp³-hybridized carbons (Fsp3) is 0.696. The molecule has 6 heteroatoms. The zero-order valence-corrected chi connectivity index (χ0v) is 19.0. The average Bonchev–Trinajstić information content (AvgIpc) is 2.69. The molecule has 2 bridgehead atoms. The number of piperidine rings is 3. The summed E-state index contributed by atoms with van der Waals surface area (Å²) in [5.74, 6) is 1.70. The molecule has 3 saturated heterocycles. The third kappa shape index (κ3) is 5.88. The van der Waals surface area contributed by atoms with Crippen LogP contribution in [0.5, 0.6) is 0 Å². The summed E-state index contributed by atoms with van der Waals surface area (Å²) >= 11 is 0. The van der Waals surface area contributed by atoms with E-state index < -0.39 is 0 Å². The van der Waals surface area contributed by atoms with Gasteiger partial charge in [0.1, 0.15) is 0 Å². The van der Waals surface area contributed by atoms with Gasteiger partial charge < -0.3 is 10.6 Å². The second-order valence-electron chi connectivity index (χ2n) is 8.94. The van der Waals surface area contributed by atoms with Crippen LogP contribution in [0, 0.1) is 11.8 Å². The monoisotopic (exact) mass is 441 g/mol. The molecular formula is C23H37Cl2N3O. The Morgan fingerprint density at radius 1 is 1.03 bits per heavy atom. The lowest BCUT2D eigenvalue weighted by Gasteiger charge is -2.55. The van der Waals surface area contributed by atoms with Crippen LogP contribution in [0.2, 0.25) is 0 Å². The molecular weight excluding hydrogens is 405 g/mol. The van der Waals surface area contributed by atoms with E-state index in [1.807, 2.05) is 0 Å². The van der Waals surface area contributed by atoms with Crippen molar-refractivity contribution in [2.75, 3.05) is 26.2 Å². The SMILES string of the molecule is Cl.Cl.NCCCCC(=O)N1C[C@@H]2C[C@H](C1)[C@@H]1CCC[C@H](Cc3ccccc3)N1C2. The number of carbonyl (C=O) groups is 1. The molecule has 0 aromatic heterocycles. The molecule has 0 spiro atoms. The van der Waals surface area contributed by atoms with E-state index in [0.717, 1.165) is 25.9 Å². The Labute approximate surface area is 188 Å². The molecule has 0 unspecified atom stereocenters. The fourth-order valence-corrected chi connectivity index (χ4v) is 5.80. The van der Waals surface area contributed by atoms with E-state index in [0.29, 0.717) is 42.8 Å². The van der Waals surface area contributed by atoms with Crippen LogP contribution in [0.1, 0.15) is 50.5 Å². The summed E-state index contributed by atoms with van der Waals surface area (Å²) in [6.07, 6.45) is 9.07. The Morgan fingerprint density at radius 2 is 1.83 bits per heavy atom. The minimum absolute atomic E-state index is 0. The van der Waals surface area contributed by atoms with Crippen LogP contribution >= 0.6 is 24.8 Å². The molecule has 0 aliphatic carbocycles. The summed E-state index contributed by atoms with van der Waals surface area (Å²) in [5, 5.41) is 0. The van der Waals surface area contributed by atoms with Gasteiger partial charge in [-0.1, -0.05) is 36.8 Å². The van der Waals surface area contributed by atoms with Crippen LogP contribution < -0.4 is 5.73 Å². The van der Waals surface area contributed by atoms with Crippen molar-refractivity contribution >= 4 is 30.7 Å². The molecule has 0 saturated carbocycles. The first kappa shape index (κ1) is 24.5. The molecule has 0 radical (unpaired) electrons. The van der Waals surface area contributed by atoms with Crippen LogP contribution in [0.4, 0.5) is 0 Å². The smallest absolute Gasteiger partial charge is 0.222 e. The van der Waals surface area contributed by atoms with Crippen molar-refractivity contribution in [2.24, 2.45) is 17.6 Å². The lowest BCUT2D eigenvalue weighted by Crippen LogP contribution is -2.62. The third-order valence-electron chi connectivity index (χ3n) is 7.03.